The maximum atomic E-state index is 12.4. The number of ether oxygens (including phenoxy) is 1. The van der Waals surface area contributed by atoms with Crippen LogP contribution in [0, 0.1) is 13.8 Å². The summed E-state index contributed by atoms with van der Waals surface area (Å²) in [6.45, 7) is 6.10. The molecule has 2 aliphatic rings. The molecule has 6 heteroatoms. The summed E-state index contributed by atoms with van der Waals surface area (Å²) in [7, 11) is 0. The number of nitrogens with zero attached hydrogens (tertiary/aromatic N) is 2. The van der Waals surface area contributed by atoms with E-state index in [-0.39, 0.29) is 12.0 Å². The highest BCUT2D eigenvalue weighted by atomic mass is 16.5. The van der Waals surface area contributed by atoms with E-state index in [1.807, 2.05) is 18.7 Å². The Labute approximate surface area is 137 Å². The maximum absolute atomic E-state index is 12.4. The maximum Gasteiger partial charge on any atom is 0.222 e. The van der Waals surface area contributed by atoms with Gasteiger partial charge in [0.25, 0.3) is 0 Å². The second-order valence-electron chi connectivity index (χ2n) is 6.87. The Bertz CT molecular complexity index is 561. The normalized spacial score (nSPS) is 24.1. The summed E-state index contributed by atoms with van der Waals surface area (Å²) in [5, 5.41) is 17.5. The number of piperidine rings is 1. The fraction of sp³-hybridized carbons (Fsp3) is 0.765. The molecular weight excluding hydrogens is 294 g/mol. The van der Waals surface area contributed by atoms with Gasteiger partial charge in [-0.2, -0.15) is 5.10 Å². The van der Waals surface area contributed by atoms with Crippen molar-refractivity contribution in [3.63, 3.8) is 0 Å². The van der Waals surface area contributed by atoms with Crippen molar-refractivity contribution >= 4 is 5.91 Å². The van der Waals surface area contributed by atoms with Crippen LogP contribution in [0.4, 0.5) is 0 Å². The molecule has 3 rings (SSSR count). The Kier molecular flexibility index (Phi) is 4.73. The van der Waals surface area contributed by atoms with Crippen LogP contribution < -0.4 is 0 Å². The zero-order valence-corrected chi connectivity index (χ0v) is 14.1. The van der Waals surface area contributed by atoms with E-state index >= 15 is 0 Å². The first-order chi connectivity index (χ1) is 11.0. The Morgan fingerprint density at radius 3 is 2.78 bits per heavy atom. The third kappa shape index (κ3) is 3.28. The van der Waals surface area contributed by atoms with Gasteiger partial charge in [-0.1, -0.05) is 0 Å². The van der Waals surface area contributed by atoms with Crippen molar-refractivity contribution in [2.75, 3.05) is 19.7 Å². The first-order valence-corrected chi connectivity index (χ1v) is 8.62. The third-order valence-corrected chi connectivity index (χ3v) is 5.51. The number of aliphatic hydroxyl groups is 1. The van der Waals surface area contributed by atoms with Crippen molar-refractivity contribution in [3.8, 4) is 0 Å². The first kappa shape index (κ1) is 16.5. The molecule has 3 heterocycles. The van der Waals surface area contributed by atoms with Gasteiger partial charge in [-0.3, -0.25) is 9.89 Å². The second-order valence-corrected chi connectivity index (χ2v) is 6.87. The summed E-state index contributed by atoms with van der Waals surface area (Å²) in [6, 6.07) is 0. The van der Waals surface area contributed by atoms with Crippen molar-refractivity contribution in [2.24, 2.45) is 0 Å². The van der Waals surface area contributed by atoms with Crippen molar-refractivity contribution in [1.82, 2.24) is 15.1 Å². The molecule has 2 N–H and O–H groups in total. The van der Waals surface area contributed by atoms with Gasteiger partial charge < -0.3 is 14.7 Å². The van der Waals surface area contributed by atoms with E-state index in [1.54, 1.807) is 0 Å². The van der Waals surface area contributed by atoms with Crippen LogP contribution >= 0.6 is 0 Å². The van der Waals surface area contributed by atoms with Gasteiger partial charge in [-0.25, -0.2) is 0 Å². The van der Waals surface area contributed by atoms with Gasteiger partial charge in [0.15, 0.2) is 0 Å². The number of nitrogens with one attached hydrogen (secondary N) is 1. The van der Waals surface area contributed by atoms with Crippen LogP contribution in [0.5, 0.6) is 0 Å². The molecule has 1 spiro atoms. The van der Waals surface area contributed by atoms with Crippen LogP contribution in [-0.2, 0) is 16.0 Å². The molecule has 23 heavy (non-hydrogen) atoms. The first-order valence-electron chi connectivity index (χ1n) is 8.62. The number of aromatic amines is 1. The predicted octanol–water partition coefficient (Wildman–Crippen LogP) is 1.49. The molecule has 0 unspecified atom stereocenters. The van der Waals surface area contributed by atoms with Gasteiger partial charge in [0.2, 0.25) is 5.91 Å². The summed E-state index contributed by atoms with van der Waals surface area (Å²) in [5.41, 5.74) is 2.78. The standard InChI is InChI=1S/C17H27N3O3/c1-12-13(2)18-19-14(12)5-6-16(22)20-9-7-17(8-10-20)15(21)4-3-11-23-17/h15,21H,3-11H2,1-2H3,(H,18,19)/t15-/m1/s1. The van der Waals surface area contributed by atoms with Gasteiger partial charge in [-0.15, -0.1) is 0 Å². The molecule has 1 aromatic heterocycles. The summed E-state index contributed by atoms with van der Waals surface area (Å²) in [4.78, 5) is 14.3. The lowest BCUT2D eigenvalue weighted by atomic mass is 9.82. The quantitative estimate of drug-likeness (QED) is 0.884. The lowest BCUT2D eigenvalue weighted by Gasteiger charge is -2.46. The molecule has 2 aliphatic heterocycles. The zero-order valence-electron chi connectivity index (χ0n) is 14.1. The Morgan fingerprint density at radius 2 is 2.17 bits per heavy atom. The van der Waals surface area contributed by atoms with Gasteiger partial charge in [0, 0.05) is 38.2 Å². The number of amides is 1. The summed E-state index contributed by atoms with van der Waals surface area (Å²) in [5.74, 6) is 0.171. The largest absolute Gasteiger partial charge is 0.390 e. The van der Waals surface area contributed by atoms with Crippen LogP contribution in [0.15, 0.2) is 0 Å². The van der Waals surface area contributed by atoms with E-state index in [2.05, 4.69) is 10.2 Å². The van der Waals surface area contributed by atoms with E-state index < -0.39 is 5.60 Å². The molecule has 1 aromatic rings. The second kappa shape index (κ2) is 6.61. The molecule has 0 aromatic carbocycles. The molecule has 0 aliphatic carbocycles. The minimum atomic E-state index is -0.412. The fourth-order valence-electron chi connectivity index (χ4n) is 3.69. The van der Waals surface area contributed by atoms with E-state index in [0.717, 1.165) is 49.2 Å². The average Bonchev–Trinajstić information content (AvgIpc) is 2.88. The Morgan fingerprint density at radius 1 is 1.43 bits per heavy atom. The number of aryl methyl sites for hydroxylation is 2. The average molecular weight is 321 g/mol. The summed E-state index contributed by atoms with van der Waals surface area (Å²) >= 11 is 0. The molecule has 2 fully saturated rings. The molecule has 0 saturated carbocycles. The fourth-order valence-corrected chi connectivity index (χ4v) is 3.69. The van der Waals surface area contributed by atoms with Gasteiger partial charge in [0.05, 0.1) is 17.4 Å². The van der Waals surface area contributed by atoms with Crippen molar-refractivity contribution in [2.45, 2.75) is 64.1 Å². The monoisotopic (exact) mass is 321 g/mol. The molecule has 6 nitrogen and oxygen atoms in total. The molecule has 128 valence electrons. The van der Waals surface area contributed by atoms with Crippen LogP contribution in [0.3, 0.4) is 0 Å². The molecular formula is C17H27N3O3. The van der Waals surface area contributed by atoms with Gasteiger partial charge in [-0.05, 0) is 45.1 Å². The summed E-state index contributed by atoms with van der Waals surface area (Å²) in [6.07, 6.45) is 3.99. The smallest absolute Gasteiger partial charge is 0.222 e. The van der Waals surface area contributed by atoms with Crippen LogP contribution in [0.2, 0.25) is 0 Å². The number of carbonyl (C=O) groups is 1. The van der Waals surface area contributed by atoms with Crippen molar-refractivity contribution in [3.05, 3.63) is 17.0 Å². The molecule has 1 atom stereocenters. The highest BCUT2D eigenvalue weighted by Gasteiger charge is 2.44. The minimum Gasteiger partial charge on any atom is -0.390 e. The molecule has 1 amide bonds. The lowest BCUT2D eigenvalue weighted by molar-refractivity contribution is -0.179. The zero-order chi connectivity index (χ0) is 16.4. The molecule has 0 radical (unpaired) electrons. The van der Waals surface area contributed by atoms with E-state index in [1.165, 1.54) is 0 Å². The Balaban J connectivity index is 1.51. The lowest BCUT2D eigenvalue weighted by Crippen LogP contribution is -2.56. The molecule has 0 bridgehead atoms. The highest BCUT2D eigenvalue weighted by Crippen LogP contribution is 2.35. The number of carbonyl (C=O) groups excluding carboxylic acids is 1. The van der Waals surface area contributed by atoms with E-state index in [9.17, 15) is 9.90 Å². The third-order valence-electron chi connectivity index (χ3n) is 5.51. The predicted molar refractivity (Wildman–Crippen MR) is 86.1 cm³/mol. The number of hydrogen-bond donors (Lipinski definition) is 2. The number of likely N-dealkylation sites (tertiary alicyclic amines) is 1. The molecule has 2 saturated heterocycles. The number of rotatable bonds is 3. The Hall–Kier alpha value is -1.40. The summed E-state index contributed by atoms with van der Waals surface area (Å²) < 4.78 is 5.89. The number of H-pyrrole nitrogens is 1. The van der Waals surface area contributed by atoms with E-state index in [0.29, 0.717) is 25.9 Å². The van der Waals surface area contributed by atoms with Crippen LogP contribution in [0.1, 0.15) is 49.1 Å². The number of aromatic nitrogens is 2. The highest BCUT2D eigenvalue weighted by molar-refractivity contribution is 5.76. The van der Waals surface area contributed by atoms with Crippen molar-refractivity contribution < 1.29 is 14.6 Å². The van der Waals surface area contributed by atoms with Crippen LogP contribution in [0.25, 0.3) is 0 Å². The SMILES string of the molecule is Cc1[nH]nc(CCC(=O)N2CCC3(CC2)OCCC[C@H]3O)c1C. The van der Waals surface area contributed by atoms with Crippen LogP contribution in [-0.4, -0.2) is 57.5 Å². The van der Waals surface area contributed by atoms with Gasteiger partial charge >= 0.3 is 0 Å². The minimum absolute atomic E-state index is 0.171. The van der Waals surface area contributed by atoms with Gasteiger partial charge in [0.1, 0.15) is 0 Å². The number of hydrogen-bond acceptors (Lipinski definition) is 4. The topological polar surface area (TPSA) is 78.5 Å². The number of aliphatic hydroxyl groups excluding tert-OH is 1. The van der Waals surface area contributed by atoms with E-state index in [4.69, 9.17) is 4.74 Å². The van der Waals surface area contributed by atoms with Crippen molar-refractivity contribution in [1.29, 1.82) is 0 Å².